The monoisotopic (exact) mass is 747 g/mol. The van der Waals surface area contributed by atoms with Crippen molar-refractivity contribution in [2.24, 2.45) is 23.7 Å². The first-order chi connectivity index (χ1) is 27.2. The van der Waals surface area contributed by atoms with Gasteiger partial charge in [0.2, 0.25) is 0 Å². The lowest BCUT2D eigenvalue weighted by atomic mass is 9.42. The number of benzene rings is 6. The van der Waals surface area contributed by atoms with E-state index >= 15 is 0 Å². The number of hydrogen-bond acceptors (Lipinski definition) is 2. The predicted molar refractivity (Wildman–Crippen MR) is 236 cm³/mol. The van der Waals surface area contributed by atoms with E-state index in [4.69, 9.17) is 0 Å². The fourth-order valence-electron chi connectivity index (χ4n) is 12.6. The van der Waals surface area contributed by atoms with Crippen molar-refractivity contribution in [1.82, 2.24) is 0 Å². The molecule has 4 fully saturated rings. The fourth-order valence-corrected chi connectivity index (χ4v) is 13.8. The molecule has 0 N–H and O–H groups in total. The molecule has 0 unspecified atom stereocenters. The summed E-state index contributed by atoms with van der Waals surface area (Å²) in [6, 6.07) is 53.8. The van der Waals surface area contributed by atoms with Crippen LogP contribution in [0.4, 0.5) is 17.1 Å². The number of nitrogens with zero attached hydrogens (tertiary/aromatic N) is 1. The third-order valence-corrected chi connectivity index (χ3v) is 16.3. The molecule has 1 nitrogen and oxygen atoms in total. The zero-order chi connectivity index (χ0) is 37.8. The van der Waals surface area contributed by atoms with Gasteiger partial charge in [0.25, 0.3) is 0 Å². The first-order valence-corrected chi connectivity index (χ1v) is 22.1. The first-order valence-electron chi connectivity index (χ1n) is 21.3. The summed E-state index contributed by atoms with van der Waals surface area (Å²) in [5, 5.41) is 0. The van der Waals surface area contributed by atoms with Crippen LogP contribution in [0.15, 0.2) is 149 Å². The van der Waals surface area contributed by atoms with Gasteiger partial charge in [0.15, 0.2) is 0 Å². The van der Waals surface area contributed by atoms with Crippen LogP contribution in [0.25, 0.3) is 22.3 Å². The summed E-state index contributed by atoms with van der Waals surface area (Å²) in [7, 11) is 0. The molecule has 2 heteroatoms. The maximum absolute atomic E-state index is 2.71. The summed E-state index contributed by atoms with van der Waals surface area (Å²) in [5.41, 5.74) is 15.4. The molecular formula is C54H53NS. The van der Waals surface area contributed by atoms with Crippen LogP contribution in [-0.4, -0.2) is 0 Å². The SMILES string of the molecule is CC1(C)CCC(C)(C)c2cc(N(c3ccc(-c4ccccc4)cc3)c3cc4c(cc3-c3ccccc3)Sc3ccccc3C43C4CC5CC(C4)CC3C5)ccc21. The second-order valence-corrected chi connectivity index (χ2v) is 20.3. The summed E-state index contributed by atoms with van der Waals surface area (Å²) in [4.78, 5) is 5.57. The van der Waals surface area contributed by atoms with Gasteiger partial charge in [-0.25, -0.2) is 0 Å². The first kappa shape index (κ1) is 34.7. The van der Waals surface area contributed by atoms with Crippen LogP contribution in [0.1, 0.15) is 94.9 Å². The van der Waals surface area contributed by atoms with E-state index in [0.717, 1.165) is 11.8 Å². The molecule has 5 aliphatic carbocycles. The van der Waals surface area contributed by atoms with Gasteiger partial charge in [0.1, 0.15) is 0 Å². The fraction of sp³-hybridized carbons (Fsp3) is 0.333. The van der Waals surface area contributed by atoms with Gasteiger partial charge in [0, 0.05) is 32.1 Å². The van der Waals surface area contributed by atoms with Crippen LogP contribution in [0.5, 0.6) is 0 Å². The highest BCUT2D eigenvalue weighted by atomic mass is 32.2. The van der Waals surface area contributed by atoms with Gasteiger partial charge >= 0.3 is 0 Å². The zero-order valence-electron chi connectivity index (χ0n) is 33.4. The van der Waals surface area contributed by atoms with E-state index in [-0.39, 0.29) is 16.2 Å². The number of hydrogen-bond donors (Lipinski definition) is 0. The van der Waals surface area contributed by atoms with E-state index in [1.807, 2.05) is 11.8 Å². The second kappa shape index (κ2) is 12.7. The highest BCUT2D eigenvalue weighted by Crippen LogP contribution is 2.69. The highest BCUT2D eigenvalue weighted by molar-refractivity contribution is 7.99. The van der Waals surface area contributed by atoms with E-state index in [1.54, 1.807) is 11.1 Å². The molecule has 0 atom stereocenters. The minimum Gasteiger partial charge on any atom is -0.310 e. The topological polar surface area (TPSA) is 3.24 Å². The summed E-state index contributed by atoms with van der Waals surface area (Å²) in [6.45, 7) is 9.81. The van der Waals surface area contributed by atoms with Crippen molar-refractivity contribution in [3.63, 3.8) is 0 Å². The molecule has 0 radical (unpaired) electrons. The Bertz CT molecular complexity index is 2430. The number of fused-ring (bicyclic) bond motifs is 3. The highest BCUT2D eigenvalue weighted by Gasteiger charge is 2.61. The Morgan fingerprint density at radius 3 is 1.71 bits per heavy atom. The van der Waals surface area contributed by atoms with Crippen molar-refractivity contribution in [2.45, 2.75) is 98.7 Å². The number of anilines is 3. The largest absolute Gasteiger partial charge is 0.310 e. The van der Waals surface area contributed by atoms with Crippen LogP contribution in [0, 0.1) is 23.7 Å². The summed E-state index contributed by atoms with van der Waals surface area (Å²) in [6.07, 6.45) is 9.38. The molecule has 4 saturated carbocycles. The van der Waals surface area contributed by atoms with E-state index in [9.17, 15) is 0 Å². The standard InChI is InChI=1S/C54H53NS/c1-52(2)25-26-53(3,4)47-32-43(23-24-45(47)52)55(42-21-19-38(20-22-42)37-13-7-5-8-14-37)49-34-48-51(33-44(49)39-15-9-6-10-16-39)56-50-18-12-11-17-46(50)54(48)40-28-35-27-36(30-40)31-41(54)29-35/h5-24,32-36,40-41H,25-31H2,1-4H3. The molecule has 6 aromatic carbocycles. The Morgan fingerprint density at radius 2 is 1.04 bits per heavy atom. The molecule has 0 amide bonds. The summed E-state index contributed by atoms with van der Waals surface area (Å²) < 4.78 is 0. The van der Waals surface area contributed by atoms with Gasteiger partial charge in [-0.3, -0.25) is 0 Å². The van der Waals surface area contributed by atoms with Crippen LogP contribution < -0.4 is 4.90 Å². The minimum absolute atomic E-state index is 0.0548. The smallest absolute Gasteiger partial charge is 0.0543 e. The third kappa shape index (κ3) is 5.27. The van der Waals surface area contributed by atoms with Crippen molar-refractivity contribution in [1.29, 1.82) is 0 Å². The molecule has 6 aromatic rings. The predicted octanol–water partition coefficient (Wildman–Crippen LogP) is 15.0. The van der Waals surface area contributed by atoms with Crippen molar-refractivity contribution in [3.8, 4) is 22.3 Å². The van der Waals surface area contributed by atoms with E-state index in [0.29, 0.717) is 11.8 Å². The van der Waals surface area contributed by atoms with Gasteiger partial charge in [-0.05, 0) is 161 Å². The van der Waals surface area contributed by atoms with Gasteiger partial charge in [-0.1, -0.05) is 137 Å². The molecule has 0 aromatic heterocycles. The summed E-state index contributed by atoms with van der Waals surface area (Å²) in [5.74, 6) is 3.19. The van der Waals surface area contributed by atoms with Crippen molar-refractivity contribution in [2.75, 3.05) is 4.90 Å². The molecule has 0 saturated heterocycles. The normalized spacial score (nSPS) is 26.0. The van der Waals surface area contributed by atoms with E-state index in [2.05, 4.69) is 172 Å². The zero-order valence-corrected chi connectivity index (χ0v) is 34.2. The Kier molecular flexibility index (Phi) is 7.89. The van der Waals surface area contributed by atoms with Gasteiger partial charge in [-0.2, -0.15) is 0 Å². The van der Waals surface area contributed by atoms with Crippen LogP contribution in [-0.2, 0) is 16.2 Å². The minimum atomic E-state index is 0.0548. The van der Waals surface area contributed by atoms with Crippen molar-refractivity contribution >= 4 is 28.8 Å². The molecule has 12 rings (SSSR count). The molecule has 6 aliphatic rings. The Hall–Kier alpha value is -4.53. The average Bonchev–Trinajstić information content (AvgIpc) is 3.22. The molecule has 1 spiro atoms. The molecule has 56 heavy (non-hydrogen) atoms. The van der Waals surface area contributed by atoms with Crippen LogP contribution >= 0.6 is 11.8 Å². The Morgan fingerprint density at radius 1 is 0.464 bits per heavy atom. The average molecular weight is 748 g/mol. The van der Waals surface area contributed by atoms with Gasteiger partial charge < -0.3 is 4.90 Å². The lowest BCUT2D eigenvalue weighted by Crippen LogP contribution is -2.57. The van der Waals surface area contributed by atoms with Crippen LogP contribution in [0.3, 0.4) is 0 Å². The summed E-state index contributed by atoms with van der Waals surface area (Å²) >= 11 is 2.02. The lowest BCUT2D eigenvalue weighted by Gasteiger charge is -2.63. The van der Waals surface area contributed by atoms with Crippen molar-refractivity contribution < 1.29 is 0 Å². The molecular weight excluding hydrogens is 695 g/mol. The second-order valence-electron chi connectivity index (χ2n) is 19.2. The quantitative estimate of drug-likeness (QED) is 0.173. The Labute approximate surface area is 338 Å². The Balaban J connectivity index is 1.18. The van der Waals surface area contributed by atoms with E-state index < -0.39 is 0 Å². The van der Waals surface area contributed by atoms with E-state index in [1.165, 1.54) is 105 Å². The third-order valence-electron chi connectivity index (χ3n) is 15.2. The maximum Gasteiger partial charge on any atom is 0.0543 e. The molecule has 280 valence electrons. The molecule has 1 aliphatic heterocycles. The molecule has 1 heterocycles. The van der Waals surface area contributed by atoms with Gasteiger partial charge in [-0.15, -0.1) is 0 Å². The van der Waals surface area contributed by atoms with Crippen LogP contribution in [0.2, 0.25) is 0 Å². The maximum atomic E-state index is 2.71. The lowest BCUT2D eigenvalue weighted by molar-refractivity contribution is -0.0443. The number of rotatable bonds is 5. The van der Waals surface area contributed by atoms with Gasteiger partial charge in [0.05, 0.1) is 5.69 Å². The van der Waals surface area contributed by atoms with Crippen molar-refractivity contribution in [3.05, 3.63) is 162 Å². The molecule has 4 bridgehead atoms.